The molecule has 0 bridgehead atoms. The Morgan fingerprint density at radius 3 is 2.36 bits per heavy atom. The third-order valence-electron chi connectivity index (χ3n) is 6.10. The van der Waals surface area contributed by atoms with Gasteiger partial charge >= 0.3 is 12.0 Å². The summed E-state index contributed by atoms with van der Waals surface area (Å²) in [6.45, 7) is 1.80. The van der Waals surface area contributed by atoms with E-state index in [4.69, 9.17) is 4.74 Å². The number of carbonyl (C=O) groups is 4. The van der Waals surface area contributed by atoms with E-state index in [-0.39, 0.29) is 24.4 Å². The van der Waals surface area contributed by atoms with Crippen LogP contribution in [0.25, 0.3) is 0 Å². The zero-order valence-corrected chi connectivity index (χ0v) is 16.6. The van der Waals surface area contributed by atoms with Crippen molar-refractivity contribution < 1.29 is 23.9 Å². The number of hydrogen-bond acceptors (Lipinski definition) is 5. The Hall–Kier alpha value is -2.12. The van der Waals surface area contributed by atoms with Crippen molar-refractivity contribution in [3.63, 3.8) is 0 Å². The van der Waals surface area contributed by atoms with E-state index in [0.717, 1.165) is 51.4 Å². The van der Waals surface area contributed by atoms with Crippen LogP contribution in [0.1, 0.15) is 71.1 Å². The van der Waals surface area contributed by atoms with Gasteiger partial charge in [-0.3, -0.25) is 19.7 Å². The minimum Gasteiger partial charge on any atom is -0.452 e. The molecule has 8 nitrogen and oxygen atoms in total. The van der Waals surface area contributed by atoms with Gasteiger partial charge in [0.05, 0.1) is 5.92 Å². The molecule has 0 aromatic rings. The van der Waals surface area contributed by atoms with Crippen molar-refractivity contribution in [1.82, 2.24) is 15.5 Å². The summed E-state index contributed by atoms with van der Waals surface area (Å²) in [6.07, 6.45) is 8.41. The normalized spacial score (nSPS) is 24.8. The topological polar surface area (TPSA) is 105 Å². The van der Waals surface area contributed by atoms with Gasteiger partial charge in [0.15, 0.2) is 6.10 Å². The van der Waals surface area contributed by atoms with E-state index < -0.39 is 29.9 Å². The average molecular weight is 393 g/mol. The summed E-state index contributed by atoms with van der Waals surface area (Å²) in [4.78, 5) is 50.5. The second-order valence-electron chi connectivity index (χ2n) is 8.26. The van der Waals surface area contributed by atoms with E-state index in [2.05, 4.69) is 10.6 Å². The first-order chi connectivity index (χ1) is 13.4. The summed E-state index contributed by atoms with van der Waals surface area (Å²) in [7, 11) is 0. The number of amides is 4. The summed E-state index contributed by atoms with van der Waals surface area (Å²) in [5.41, 5.74) is 0. The standard InChI is InChI=1S/C20H31N3O5/c1-13(18(25)22-20(27)21-15-7-3-2-4-8-15)28-19(26)14-11-17(24)23(12-14)16-9-5-6-10-16/h13-16H,2-12H2,1H3,(H2,21,22,25,27)/t13-,14-/m1/s1. The molecule has 1 heterocycles. The minimum absolute atomic E-state index is 0.0159. The van der Waals surface area contributed by atoms with Gasteiger partial charge in [-0.25, -0.2) is 4.79 Å². The number of nitrogens with zero attached hydrogens (tertiary/aromatic N) is 1. The summed E-state index contributed by atoms with van der Waals surface area (Å²) >= 11 is 0. The third kappa shape index (κ3) is 5.23. The molecule has 2 N–H and O–H groups in total. The Morgan fingerprint density at radius 1 is 1.04 bits per heavy atom. The molecular formula is C20H31N3O5. The van der Waals surface area contributed by atoms with Gasteiger partial charge in [0.2, 0.25) is 5.91 Å². The zero-order chi connectivity index (χ0) is 20.1. The van der Waals surface area contributed by atoms with Gasteiger partial charge in [-0.2, -0.15) is 0 Å². The molecule has 1 saturated heterocycles. The summed E-state index contributed by atoms with van der Waals surface area (Å²) in [6, 6.07) is -0.233. The lowest BCUT2D eigenvalue weighted by Gasteiger charge is -2.24. The molecule has 0 spiro atoms. The van der Waals surface area contributed by atoms with E-state index in [1.807, 2.05) is 0 Å². The minimum atomic E-state index is -1.08. The van der Waals surface area contributed by atoms with Crippen molar-refractivity contribution in [2.45, 2.75) is 89.3 Å². The Labute approximate surface area is 165 Å². The number of urea groups is 1. The number of rotatable bonds is 5. The molecule has 1 aliphatic heterocycles. The Bertz CT molecular complexity index is 611. The zero-order valence-electron chi connectivity index (χ0n) is 16.6. The van der Waals surface area contributed by atoms with Gasteiger partial charge in [-0.1, -0.05) is 32.1 Å². The molecule has 0 radical (unpaired) electrons. The molecule has 28 heavy (non-hydrogen) atoms. The number of carbonyl (C=O) groups excluding carboxylic acids is 4. The fraction of sp³-hybridized carbons (Fsp3) is 0.800. The molecule has 0 aromatic heterocycles. The van der Waals surface area contributed by atoms with Crippen molar-refractivity contribution in [3.8, 4) is 0 Å². The first kappa shape index (κ1) is 20.6. The number of imide groups is 1. The molecule has 2 saturated carbocycles. The summed E-state index contributed by atoms with van der Waals surface area (Å²) in [5.74, 6) is -1.76. The number of nitrogens with one attached hydrogen (secondary N) is 2. The van der Waals surface area contributed by atoms with Crippen LogP contribution in [0.15, 0.2) is 0 Å². The predicted octanol–water partition coefficient (Wildman–Crippen LogP) is 1.87. The second kappa shape index (κ2) is 9.39. The average Bonchev–Trinajstić information content (AvgIpc) is 3.31. The molecule has 0 unspecified atom stereocenters. The molecule has 4 amide bonds. The van der Waals surface area contributed by atoms with Crippen LogP contribution in [0.5, 0.6) is 0 Å². The highest BCUT2D eigenvalue weighted by Gasteiger charge is 2.40. The Balaban J connectivity index is 1.42. The van der Waals surface area contributed by atoms with Gasteiger partial charge in [0, 0.05) is 25.0 Å². The van der Waals surface area contributed by atoms with Crippen LogP contribution in [0.4, 0.5) is 4.79 Å². The Morgan fingerprint density at radius 2 is 1.68 bits per heavy atom. The van der Waals surface area contributed by atoms with Gasteiger partial charge in [-0.15, -0.1) is 0 Å². The maximum absolute atomic E-state index is 12.4. The van der Waals surface area contributed by atoms with E-state index in [1.54, 1.807) is 4.90 Å². The monoisotopic (exact) mass is 393 g/mol. The molecule has 2 aliphatic carbocycles. The molecular weight excluding hydrogens is 362 g/mol. The van der Waals surface area contributed by atoms with Crippen molar-refractivity contribution in [1.29, 1.82) is 0 Å². The summed E-state index contributed by atoms with van der Waals surface area (Å²) < 4.78 is 5.24. The van der Waals surface area contributed by atoms with Gasteiger partial charge in [0.25, 0.3) is 5.91 Å². The fourth-order valence-corrected chi connectivity index (χ4v) is 4.46. The van der Waals surface area contributed by atoms with Crippen molar-refractivity contribution >= 4 is 23.8 Å². The van der Waals surface area contributed by atoms with E-state index in [1.165, 1.54) is 13.3 Å². The van der Waals surface area contributed by atoms with Crippen molar-refractivity contribution in [2.75, 3.05) is 6.54 Å². The first-order valence-corrected chi connectivity index (χ1v) is 10.6. The van der Waals surface area contributed by atoms with Crippen LogP contribution < -0.4 is 10.6 Å². The van der Waals surface area contributed by atoms with Crippen molar-refractivity contribution in [3.05, 3.63) is 0 Å². The highest BCUT2D eigenvalue weighted by atomic mass is 16.5. The number of likely N-dealkylation sites (tertiary alicyclic amines) is 1. The summed E-state index contributed by atoms with van der Waals surface area (Å²) in [5, 5.41) is 5.03. The number of hydrogen-bond donors (Lipinski definition) is 2. The van der Waals surface area contributed by atoms with Crippen LogP contribution in [-0.2, 0) is 19.1 Å². The SMILES string of the molecule is C[C@@H](OC(=O)[C@@H]1CC(=O)N(C2CCCC2)C1)C(=O)NC(=O)NC1CCCCC1. The van der Waals surface area contributed by atoms with Crippen LogP contribution >= 0.6 is 0 Å². The highest BCUT2D eigenvalue weighted by molar-refractivity contribution is 5.97. The maximum Gasteiger partial charge on any atom is 0.321 e. The van der Waals surface area contributed by atoms with Crippen LogP contribution in [0.2, 0.25) is 0 Å². The molecule has 0 aromatic carbocycles. The predicted molar refractivity (Wildman–Crippen MR) is 101 cm³/mol. The van der Waals surface area contributed by atoms with Crippen LogP contribution in [-0.4, -0.2) is 53.4 Å². The van der Waals surface area contributed by atoms with Gasteiger partial charge < -0.3 is 15.0 Å². The largest absolute Gasteiger partial charge is 0.452 e. The third-order valence-corrected chi connectivity index (χ3v) is 6.10. The lowest BCUT2D eigenvalue weighted by Crippen LogP contribution is -2.48. The molecule has 156 valence electrons. The lowest BCUT2D eigenvalue weighted by molar-refractivity contribution is -0.158. The van der Waals surface area contributed by atoms with Crippen LogP contribution in [0.3, 0.4) is 0 Å². The van der Waals surface area contributed by atoms with Gasteiger partial charge in [0.1, 0.15) is 0 Å². The highest BCUT2D eigenvalue weighted by Crippen LogP contribution is 2.30. The molecule has 3 aliphatic rings. The quantitative estimate of drug-likeness (QED) is 0.694. The van der Waals surface area contributed by atoms with E-state index in [0.29, 0.717) is 6.54 Å². The molecule has 8 heteroatoms. The fourth-order valence-electron chi connectivity index (χ4n) is 4.46. The first-order valence-electron chi connectivity index (χ1n) is 10.6. The van der Waals surface area contributed by atoms with Gasteiger partial charge in [-0.05, 0) is 32.6 Å². The van der Waals surface area contributed by atoms with E-state index in [9.17, 15) is 19.2 Å². The van der Waals surface area contributed by atoms with Crippen molar-refractivity contribution in [2.24, 2.45) is 5.92 Å². The number of esters is 1. The number of ether oxygens (including phenoxy) is 1. The molecule has 2 atom stereocenters. The van der Waals surface area contributed by atoms with Crippen LogP contribution in [0, 0.1) is 5.92 Å². The Kier molecular flexibility index (Phi) is 6.91. The smallest absolute Gasteiger partial charge is 0.321 e. The van der Waals surface area contributed by atoms with E-state index >= 15 is 0 Å². The lowest BCUT2D eigenvalue weighted by atomic mass is 9.96. The molecule has 3 rings (SSSR count). The molecule has 3 fully saturated rings. The maximum atomic E-state index is 12.4. The second-order valence-corrected chi connectivity index (χ2v) is 8.26.